The van der Waals surface area contributed by atoms with E-state index in [1.54, 1.807) is 0 Å². The molecule has 0 aromatic carbocycles. The second kappa shape index (κ2) is 5.59. The summed E-state index contributed by atoms with van der Waals surface area (Å²) in [5.41, 5.74) is 0. The predicted octanol–water partition coefficient (Wildman–Crippen LogP) is 1.63. The number of nitrogens with zero attached hydrogens (tertiary/aromatic N) is 2. The third-order valence-electron chi connectivity index (χ3n) is 4.15. The van der Waals surface area contributed by atoms with Crippen LogP contribution in [0.3, 0.4) is 0 Å². The van der Waals surface area contributed by atoms with Gasteiger partial charge in [-0.1, -0.05) is 13.3 Å². The van der Waals surface area contributed by atoms with E-state index >= 15 is 0 Å². The number of aliphatic carboxylic acids is 1. The summed E-state index contributed by atoms with van der Waals surface area (Å²) in [6.45, 7) is 5.22. The minimum Gasteiger partial charge on any atom is -0.481 e. The lowest BCUT2D eigenvalue weighted by molar-refractivity contribution is -0.138. The van der Waals surface area contributed by atoms with Gasteiger partial charge in [-0.15, -0.1) is 0 Å². The molecule has 2 fully saturated rings. The van der Waals surface area contributed by atoms with Crippen molar-refractivity contribution in [2.75, 3.05) is 26.2 Å². The van der Waals surface area contributed by atoms with E-state index in [0.29, 0.717) is 19.0 Å². The zero-order valence-corrected chi connectivity index (χ0v) is 11.0. The molecule has 0 aliphatic carbocycles. The minimum absolute atomic E-state index is 0.110. The zero-order chi connectivity index (χ0) is 13.1. The fourth-order valence-electron chi connectivity index (χ4n) is 2.96. The molecule has 2 aliphatic rings. The summed E-state index contributed by atoms with van der Waals surface area (Å²) in [5, 5.41) is 8.76. The summed E-state index contributed by atoms with van der Waals surface area (Å²) in [4.78, 5) is 26.7. The van der Waals surface area contributed by atoms with Crippen LogP contribution in [0.2, 0.25) is 0 Å². The fraction of sp³-hybridized carbons (Fsp3) is 0.846. The molecule has 5 heteroatoms. The number of likely N-dealkylation sites (tertiary alicyclic amines) is 2. The molecule has 2 saturated heterocycles. The van der Waals surface area contributed by atoms with Gasteiger partial charge in [-0.2, -0.15) is 0 Å². The quantitative estimate of drug-likeness (QED) is 0.832. The number of hydrogen-bond acceptors (Lipinski definition) is 2. The van der Waals surface area contributed by atoms with Crippen LogP contribution in [0.1, 0.15) is 32.6 Å². The van der Waals surface area contributed by atoms with Crippen molar-refractivity contribution in [3.05, 3.63) is 0 Å². The van der Waals surface area contributed by atoms with Gasteiger partial charge in [0.25, 0.3) is 0 Å². The fourth-order valence-corrected chi connectivity index (χ4v) is 2.96. The average molecular weight is 254 g/mol. The molecule has 5 nitrogen and oxygen atoms in total. The van der Waals surface area contributed by atoms with Crippen molar-refractivity contribution in [2.45, 2.75) is 32.6 Å². The number of carboxylic acid groups (broad SMARTS) is 1. The Balaban J connectivity index is 1.82. The highest BCUT2D eigenvalue weighted by Gasteiger charge is 2.33. The molecule has 18 heavy (non-hydrogen) atoms. The molecule has 0 aromatic rings. The second-order valence-corrected chi connectivity index (χ2v) is 5.49. The minimum atomic E-state index is -0.762. The third kappa shape index (κ3) is 2.94. The highest BCUT2D eigenvalue weighted by atomic mass is 16.4. The second-order valence-electron chi connectivity index (χ2n) is 5.49. The van der Waals surface area contributed by atoms with E-state index in [0.717, 1.165) is 32.4 Å². The molecule has 0 spiro atoms. The Hall–Kier alpha value is -1.26. The topological polar surface area (TPSA) is 60.9 Å². The molecule has 2 unspecified atom stereocenters. The van der Waals surface area contributed by atoms with Crippen molar-refractivity contribution in [3.63, 3.8) is 0 Å². The Labute approximate surface area is 108 Å². The standard InChI is InChI=1S/C13H22N2O3/c1-2-10-3-5-14(8-10)13(18)15-6-4-11(9-15)7-12(16)17/h10-11H,2-9H2,1H3,(H,16,17). The number of hydrogen-bond donors (Lipinski definition) is 1. The van der Waals surface area contributed by atoms with Gasteiger partial charge in [-0.25, -0.2) is 4.79 Å². The molecule has 2 aliphatic heterocycles. The summed E-state index contributed by atoms with van der Waals surface area (Å²) in [6, 6.07) is 0.110. The molecular formula is C13H22N2O3. The first kappa shape index (κ1) is 13.2. The first-order valence-electron chi connectivity index (χ1n) is 6.85. The number of urea groups is 1. The first-order valence-corrected chi connectivity index (χ1v) is 6.85. The molecule has 2 heterocycles. The van der Waals surface area contributed by atoms with Crippen molar-refractivity contribution in [1.29, 1.82) is 0 Å². The van der Waals surface area contributed by atoms with Crippen LogP contribution in [0.25, 0.3) is 0 Å². The van der Waals surface area contributed by atoms with E-state index in [1.807, 2.05) is 9.80 Å². The first-order chi connectivity index (χ1) is 8.60. The van der Waals surface area contributed by atoms with Crippen molar-refractivity contribution < 1.29 is 14.7 Å². The summed E-state index contributed by atoms with van der Waals surface area (Å²) in [7, 11) is 0. The van der Waals surface area contributed by atoms with E-state index < -0.39 is 5.97 Å². The smallest absolute Gasteiger partial charge is 0.320 e. The molecule has 2 amide bonds. The van der Waals surface area contributed by atoms with Crippen molar-refractivity contribution in [2.24, 2.45) is 11.8 Å². The lowest BCUT2D eigenvalue weighted by Crippen LogP contribution is -2.40. The molecule has 2 atom stereocenters. The maximum Gasteiger partial charge on any atom is 0.320 e. The highest BCUT2D eigenvalue weighted by Crippen LogP contribution is 2.24. The van der Waals surface area contributed by atoms with E-state index in [1.165, 1.54) is 0 Å². The molecule has 0 aromatic heterocycles. The summed E-state index contributed by atoms with van der Waals surface area (Å²) >= 11 is 0. The van der Waals surface area contributed by atoms with E-state index in [9.17, 15) is 9.59 Å². The van der Waals surface area contributed by atoms with E-state index in [-0.39, 0.29) is 18.4 Å². The predicted molar refractivity (Wildman–Crippen MR) is 67.3 cm³/mol. The monoisotopic (exact) mass is 254 g/mol. The maximum absolute atomic E-state index is 12.2. The van der Waals surface area contributed by atoms with Gasteiger partial charge in [0.05, 0.1) is 0 Å². The summed E-state index contributed by atoms with van der Waals surface area (Å²) < 4.78 is 0. The van der Waals surface area contributed by atoms with Crippen LogP contribution in [0.5, 0.6) is 0 Å². The van der Waals surface area contributed by atoms with Gasteiger partial charge >= 0.3 is 12.0 Å². The molecular weight excluding hydrogens is 232 g/mol. The Bertz CT molecular complexity index is 332. The average Bonchev–Trinajstić information content (AvgIpc) is 2.95. The Morgan fingerprint density at radius 3 is 2.17 bits per heavy atom. The molecule has 0 bridgehead atoms. The number of carboxylic acids is 1. The van der Waals surface area contributed by atoms with Crippen LogP contribution < -0.4 is 0 Å². The maximum atomic E-state index is 12.2. The van der Waals surface area contributed by atoms with Gasteiger partial charge in [0, 0.05) is 32.6 Å². The van der Waals surface area contributed by atoms with Gasteiger partial charge in [-0.3, -0.25) is 4.79 Å². The van der Waals surface area contributed by atoms with Crippen LogP contribution in [0.4, 0.5) is 4.79 Å². The third-order valence-corrected chi connectivity index (χ3v) is 4.15. The van der Waals surface area contributed by atoms with Gasteiger partial charge in [0.2, 0.25) is 0 Å². The summed E-state index contributed by atoms with van der Waals surface area (Å²) in [6.07, 6.45) is 3.24. The molecule has 102 valence electrons. The lowest BCUT2D eigenvalue weighted by atomic mass is 10.1. The molecule has 0 saturated carbocycles. The number of carbonyl (C=O) groups is 2. The Kier molecular flexibility index (Phi) is 4.09. The normalized spacial score (nSPS) is 27.8. The van der Waals surface area contributed by atoms with Crippen LogP contribution in [0.15, 0.2) is 0 Å². The van der Waals surface area contributed by atoms with Crippen molar-refractivity contribution in [3.8, 4) is 0 Å². The van der Waals surface area contributed by atoms with E-state index in [2.05, 4.69) is 6.92 Å². The molecule has 1 N–H and O–H groups in total. The number of rotatable bonds is 3. The van der Waals surface area contributed by atoms with Crippen LogP contribution in [0, 0.1) is 11.8 Å². The SMILES string of the molecule is CCC1CCN(C(=O)N2CCC(CC(=O)O)C2)C1. The van der Waals surface area contributed by atoms with Gasteiger partial charge in [0.1, 0.15) is 0 Å². The van der Waals surface area contributed by atoms with Crippen LogP contribution >= 0.6 is 0 Å². The van der Waals surface area contributed by atoms with Gasteiger partial charge in [-0.05, 0) is 24.7 Å². The highest BCUT2D eigenvalue weighted by molar-refractivity contribution is 5.75. The van der Waals surface area contributed by atoms with Crippen LogP contribution in [-0.2, 0) is 4.79 Å². The lowest BCUT2D eigenvalue weighted by Gasteiger charge is -2.24. The van der Waals surface area contributed by atoms with Gasteiger partial charge in [0.15, 0.2) is 0 Å². The van der Waals surface area contributed by atoms with Crippen LogP contribution in [-0.4, -0.2) is 53.1 Å². The zero-order valence-electron chi connectivity index (χ0n) is 11.0. The Morgan fingerprint density at radius 2 is 1.67 bits per heavy atom. The molecule has 0 radical (unpaired) electrons. The number of amides is 2. The largest absolute Gasteiger partial charge is 0.481 e. The van der Waals surface area contributed by atoms with Crippen molar-refractivity contribution in [1.82, 2.24) is 9.80 Å². The van der Waals surface area contributed by atoms with Crippen molar-refractivity contribution >= 4 is 12.0 Å². The van der Waals surface area contributed by atoms with E-state index in [4.69, 9.17) is 5.11 Å². The van der Waals surface area contributed by atoms with Gasteiger partial charge < -0.3 is 14.9 Å². The Morgan fingerprint density at radius 1 is 1.11 bits per heavy atom. The molecule has 2 rings (SSSR count). The summed E-state index contributed by atoms with van der Waals surface area (Å²) in [5.74, 6) is 0.0175. The number of carbonyl (C=O) groups excluding carboxylic acids is 1.